The molecule has 1 aliphatic carbocycles. The van der Waals surface area contributed by atoms with Gasteiger partial charge in [0.25, 0.3) is 0 Å². The molecule has 1 aromatic rings. The molecule has 3 N–H and O–H groups in total. The van der Waals surface area contributed by atoms with Gasteiger partial charge in [0.15, 0.2) is 0 Å². The Labute approximate surface area is 102 Å². The Morgan fingerprint density at radius 3 is 2.94 bits per heavy atom. The largest absolute Gasteiger partial charge is 0.389 e. The maximum Gasteiger partial charge on any atom is 0.126 e. The van der Waals surface area contributed by atoms with Crippen molar-refractivity contribution in [3.8, 4) is 0 Å². The zero-order valence-corrected chi connectivity index (χ0v) is 10.5. The molecule has 0 fully saturated rings. The molecule has 3 heteroatoms. The highest BCUT2D eigenvalue weighted by Gasteiger charge is 2.27. The predicted molar refractivity (Wildman–Crippen MR) is 69.5 cm³/mol. The summed E-state index contributed by atoms with van der Waals surface area (Å²) in [5, 5.41) is 9.84. The van der Waals surface area contributed by atoms with Crippen LogP contribution >= 0.6 is 0 Å². The van der Waals surface area contributed by atoms with E-state index in [0.717, 1.165) is 24.8 Å². The number of allylic oxidation sites excluding steroid dienone is 1. The molecule has 3 nitrogen and oxygen atoms in total. The lowest BCUT2D eigenvalue weighted by molar-refractivity contribution is 0.138. The van der Waals surface area contributed by atoms with Gasteiger partial charge >= 0.3 is 0 Å². The minimum atomic E-state index is -0.327. The van der Waals surface area contributed by atoms with E-state index < -0.39 is 0 Å². The number of anilines is 1. The van der Waals surface area contributed by atoms with Crippen LogP contribution in [0.25, 0.3) is 0 Å². The fraction of sp³-hybridized carbons (Fsp3) is 0.500. The molecule has 1 aromatic heterocycles. The van der Waals surface area contributed by atoms with Gasteiger partial charge in [-0.05, 0) is 36.3 Å². The number of aliphatic hydroxyl groups is 1. The third-order valence-corrected chi connectivity index (χ3v) is 3.24. The molecule has 1 atom stereocenters. The van der Waals surface area contributed by atoms with Crippen LogP contribution in [-0.4, -0.2) is 16.2 Å². The predicted octanol–water partition coefficient (Wildman–Crippen LogP) is 2.31. The Hall–Kier alpha value is -1.35. The molecular formula is C14H20N2O. The van der Waals surface area contributed by atoms with Crippen LogP contribution < -0.4 is 5.73 Å². The number of pyridine rings is 1. The van der Waals surface area contributed by atoms with Crippen LogP contribution in [-0.2, 0) is 6.42 Å². The molecule has 92 valence electrons. The van der Waals surface area contributed by atoms with E-state index in [-0.39, 0.29) is 11.5 Å². The maximum absolute atomic E-state index is 9.84. The number of nitrogen functional groups attached to an aromatic ring is 1. The van der Waals surface area contributed by atoms with E-state index in [4.69, 9.17) is 5.73 Å². The quantitative estimate of drug-likeness (QED) is 0.769. The van der Waals surface area contributed by atoms with Crippen LogP contribution in [0.3, 0.4) is 0 Å². The molecule has 1 aliphatic rings. The maximum atomic E-state index is 9.84. The molecule has 0 spiro atoms. The summed E-state index contributed by atoms with van der Waals surface area (Å²) in [6, 6.07) is 3.90. The number of rotatable bonds is 2. The van der Waals surface area contributed by atoms with Gasteiger partial charge in [0, 0.05) is 6.20 Å². The van der Waals surface area contributed by atoms with Gasteiger partial charge in [0.05, 0.1) is 6.10 Å². The number of hydrogen-bond donors (Lipinski definition) is 2. The molecule has 1 heterocycles. The van der Waals surface area contributed by atoms with Crippen molar-refractivity contribution in [3.63, 3.8) is 0 Å². The molecule has 0 bridgehead atoms. The second-order valence-corrected chi connectivity index (χ2v) is 5.66. The summed E-state index contributed by atoms with van der Waals surface area (Å²) in [4.78, 5) is 4.09. The second-order valence-electron chi connectivity index (χ2n) is 5.66. The summed E-state index contributed by atoms with van der Waals surface area (Å²) in [7, 11) is 0. The molecule has 0 aromatic carbocycles. The third kappa shape index (κ3) is 3.07. The van der Waals surface area contributed by atoms with Gasteiger partial charge in [-0.3, -0.25) is 0 Å². The van der Waals surface area contributed by atoms with Gasteiger partial charge < -0.3 is 10.8 Å². The highest BCUT2D eigenvalue weighted by atomic mass is 16.3. The van der Waals surface area contributed by atoms with Crippen molar-refractivity contribution in [1.82, 2.24) is 4.98 Å². The van der Waals surface area contributed by atoms with Gasteiger partial charge in [-0.2, -0.15) is 0 Å². The smallest absolute Gasteiger partial charge is 0.126 e. The van der Waals surface area contributed by atoms with Crippen LogP contribution in [0, 0.1) is 5.41 Å². The van der Waals surface area contributed by atoms with E-state index in [1.54, 1.807) is 6.20 Å². The van der Waals surface area contributed by atoms with Crippen LogP contribution in [0.5, 0.6) is 0 Å². The van der Waals surface area contributed by atoms with Crippen molar-refractivity contribution in [2.45, 2.75) is 39.2 Å². The topological polar surface area (TPSA) is 59.1 Å². The molecule has 0 saturated carbocycles. The Morgan fingerprint density at radius 1 is 1.53 bits per heavy atom. The normalized spacial score (nSPS) is 23.2. The fourth-order valence-electron chi connectivity index (χ4n) is 2.61. The average molecular weight is 232 g/mol. The first kappa shape index (κ1) is 12.1. The summed E-state index contributed by atoms with van der Waals surface area (Å²) in [5.74, 6) is 0.589. The summed E-state index contributed by atoms with van der Waals surface area (Å²) in [6.45, 7) is 4.38. The Morgan fingerprint density at radius 2 is 2.29 bits per heavy atom. The summed E-state index contributed by atoms with van der Waals surface area (Å²) in [6.07, 6.45) is 5.98. The SMILES string of the molecule is CC1(C)CC(Cc2cccnc2N)=CC(O)C1. The van der Waals surface area contributed by atoms with Crippen molar-refractivity contribution < 1.29 is 5.11 Å². The number of nitrogens with two attached hydrogens (primary N) is 1. The highest BCUT2D eigenvalue weighted by Crippen LogP contribution is 2.36. The lowest BCUT2D eigenvalue weighted by Crippen LogP contribution is -2.25. The molecular weight excluding hydrogens is 212 g/mol. The number of aliphatic hydroxyl groups excluding tert-OH is 1. The van der Waals surface area contributed by atoms with Gasteiger partial charge in [-0.1, -0.05) is 31.6 Å². The van der Waals surface area contributed by atoms with Crippen molar-refractivity contribution >= 4 is 5.82 Å². The number of aromatic nitrogens is 1. The van der Waals surface area contributed by atoms with Crippen LogP contribution in [0.4, 0.5) is 5.82 Å². The van der Waals surface area contributed by atoms with Gasteiger partial charge in [0.2, 0.25) is 0 Å². The fourth-order valence-corrected chi connectivity index (χ4v) is 2.61. The summed E-state index contributed by atoms with van der Waals surface area (Å²) in [5.41, 5.74) is 8.31. The van der Waals surface area contributed by atoms with E-state index in [0.29, 0.717) is 5.82 Å². The van der Waals surface area contributed by atoms with Crippen molar-refractivity contribution in [2.75, 3.05) is 5.73 Å². The van der Waals surface area contributed by atoms with E-state index >= 15 is 0 Å². The molecule has 1 unspecified atom stereocenters. The molecule has 0 saturated heterocycles. The molecule has 0 amide bonds. The highest BCUT2D eigenvalue weighted by molar-refractivity contribution is 5.41. The molecule has 0 aliphatic heterocycles. The molecule has 0 radical (unpaired) electrons. The standard InChI is InChI=1S/C14H20N2O/c1-14(2)8-10(7-12(17)9-14)6-11-4-3-5-16-13(11)15/h3-5,7,12,17H,6,8-9H2,1-2H3,(H2,15,16). The van der Waals surface area contributed by atoms with Crippen LogP contribution in [0.2, 0.25) is 0 Å². The third-order valence-electron chi connectivity index (χ3n) is 3.24. The van der Waals surface area contributed by atoms with Gasteiger partial charge in [-0.15, -0.1) is 0 Å². The second kappa shape index (κ2) is 4.49. The van der Waals surface area contributed by atoms with Crippen LogP contribution in [0.1, 0.15) is 32.3 Å². The Kier molecular flexibility index (Phi) is 3.20. The minimum Gasteiger partial charge on any atom is -0.389 e. The van der Waals surface area contributed by atoms with E-state index in [1.807, 2.05) is 18.2 Å². The number of nitrogens with zero attached hydrogens (tertiary/aromatic N) is 1. The average Bonchev–Trinajstić information content (AvgIpc) is 2.18. The summed E-state index contributed by atoms with van der Waals surface area (Å²) < 4.78 is 0. The first-order chi connectivity index (χ1) is 7.96. The van der Waals surface area contributed by atoms with E-state index in [1.165, 1.54) is 5.57 Å². The minimum absolute atomic E-state index is 0.167. The van der Waals surface area contributed by atoms with Crippen molar-refractivity contribution in [1.29, 1.82) is 0 Å². The van der Waals surface area contributed by atoms with E-state index in [2.05, 4.69) is 18.8 Å². The summed E-state index contributed by atoms with van der Waals surface area (Å²) >= 11 is 0. The lowest BCUT2D eigenvalue weighted by Gasteiger charge is -2.32. The monoisotopic (exact) mass is 232 g/mol. The zero-order chi connectivity index (χ0) is 12.5. The first-order valence-corrected chi connectivity index (χ1v) is 6.03. The van der Waals surface area contributed by atoms with Crippen LogP contribution in [0.15, 0.2) is 30.0 Å². The van der Waals surface area contributed by atoms with Gasteiger partial charge in [-0.25, -0.2) is 4.98 Å². The first-order valence-electron chi connectivity index (χ1n) is 6.03. The Bertz CT molecular complexity index is 438. The van der Waals surface area contributed by atoms with Crippen molar-refractivity contribution in [2.24, 2.45) is 5.41 Å². The van der Waals surface area contributed by atoms with Gasteiger partial charge in [0.1, 0.15) is 5.82 Å². The number of hydrogen-bond acceptors (Lipinski definition) is 3. The Balaban J connectivity index is 2.17. The van der Waals surface area contributed by atoms with E-state index in [9.17, 15) is 5.11 Å². The molecule has 17 heavy (non-hydrogen) atoms. The lowest BCUT2D eigenvalue weighted by atomic mass is 9.75. The van der Waals surface area contributed by atoms with Crippen molar-refractivity contribution in [3.05, 3.63) is 35.5 Å². The molecule has 2 rings (SSSR count). The zero-order valence-electron chi connectivity index (χ0n) is 10.5.